The van der Waals surface area contributed by atoms with Gasteiger partial charge in [0.1, 0.15) is 18.2 Å². The highest BCUT2D eigenvalue weighted by molar-refractivity contribution is 5.63. The van der Waals surface area contributed by atoms with Gasteiger partial charge in [-0.2, -0.15) is 18.4 Å². The molecule has 0 aliphatic carbocycles. The Bertz CT molecular complexity index is 527. The number of anilines is 1. The van der Waals surface area contributed by atoms with Crippen LogP contribution in [-0.2, 0) is 4.74 Å². The summed E-state index contributed by atoms with van der Waals surface area (Å²) in [7, 11) is 0. The third-order valence-electron chi connectivity index (χ3n) is 2.03. The minimum absolute atomic E-state index is 0.112. The smallest absolute Gasteiger partial charge is 0.370 e. The lowest BCUT2D eigenvalue weighted by Crippen LogP contribution is -2.20. The summed E-state index contributed by atoms with van der Waals surface area (Å²) in [4.78, 5) is 13.7. The monoisotopic (exact) mass is 290 g/mol. The second-order valence-corrected chi connectivity index (χ2v) is 3.52. The van der Waals surface area contributed by atoms with Crippen molar-refractivity contribution in [2.75, 3.05) is 25.1 Å². The van der Waals surface area contributed by atoms with Crippen molar-refractivity contribution in [2.45, 2.75) is 6.18 Å². The first-order valence-electron chi connectivity index (χ1n) is 5.27. The van der Waals surface area contributed by atoms with Crippen LogP contribution in [0.4, 0.5) is 24.7 Å². The zero-order valence-corrected chi connectivity index (χ0v) is 9.98. The van der Waals surface area contributed by atoms with E-state index in [9.17, 15) is 23.3 Å². The number of ether oxygens (including phenoxy) is 1. The number of hydrogen-bond acceptors (Lipinski definition) is 6. The lowest BCUT2D eigenvalue weighted by atomic mass is 10.2. The lowest BCUT2D eigenvalue weighted by molar-refractivity contribution is -0.384. The maximum absolute atomic E-state index is 11.8. The Morgan fingerprint density at radius 1 is 1.55 bits per heavy atom. The van der Waals surface area contributed by atoms with E-state index in [0.29, 0.717) is 0 Å². The van der Waals surface area contributed by atoms with Crippen molar-refractivity contribution in [3.63, 3.8) is 0 Å². The highest BCUT2D eigenvalue weighted by Gasteiger charge is 2.27. The van der Waals surface area contributed by atoms with Crippen molar-refractivity contribution in [2.24, 2.45) is 0 Å². The molecular weight excluding hydrogens is 281 g/mol. The van der Waals surface area contributed by atoms with Crippen LogP contribution in [0.5, 0.6) is 0 Å². The molecule has 0 saturated heterocycles. The fourth-order valence-electron chi connectivity index (χ4n) is 1.29. The van der Waals surface area contributed by atoms with Gasteiger partial charge in [0.25, 0.3) is 0 Å². The van der Waals surface area contributed by atoms with E-state index < -0.39 is 23.4 Å². The quantitative estimate of drug-likeness (QED) is 0.487. The van der Waals surface area contributed by atoms with Gasteiger partial charge in [-0.15, -0.1) is 0 Å². The molecule has 0 aromatic carbocycles. The van der Waals surface area contributed by atoms with Crippen LogP contribution in [0.3, 0.4) is 0 Å². The second kappa shape index (κ2) is 6.67. The molecular formula is C10H9F3N4O3. The number of nitro groups is 1. The molecule has 0 aliphatic rings. The van der Waals surface area contributed by atoms with Gasteiger partial charge in [-0.05, 0) is 6.07 Å². The number of alkyl halides is 3. The van der Waals surface area contributed by atoms with Crippen molar-refractivity contribution in [1.29, 1.82) is 5.26 Å². The fraction of sp³-hybridized carbons (Fsp3) is 0.400. The first-order valence-corrected chi connectivity index (χ1v) is 5.27. The van der Waals surface area contributed by atoms with E-state index in [0.717, 1.165) is 0 Å². The maximum Gasteiger partial charge on any atom is 0.411 e. The number of aromatic nitrogens is 1. The van der Waals surface area contributed by atoms with Crippen molar-refractivity contribution >= 4 is 11.5 Å². The van der Waals surface area contributed by atoms with Gasteiger partial charge in [-0.1, -0.05) is 0 Å². The highest BCUT2D eigenvalue weighted by Crippen LogP contribution is 2.25. The molecule has 1 heterocycles. The number of pyridine rings is 1. The number of halogens is 3. The average molecular weight is 290 g/mol. The van der Waals surface area contributed by atoms with Crippen LogP contribution in [0.1, 0.15) is 5.56 Å². The first-order chi connectivity index (χ1) is 9.35. The molecule has 108 valence electrons. The predicted molar refractivity (Wildman–Crippen MR) is 61.0 cm³/mol. The molecule has 0 amide bonds. The second-order valence-electron chi connectivity index (χ2n) is 3.52. The maximum atomic E-state index is 11.8. The van der Waals surface area contributed by atoms with Crippen LogP contribution in [0, 0.1) is 21.4 Å². The average Bonchev–Trinajstić information content (AvgIpc) is 2.36. The van der Waals surface area contributed by atoms with Crippen molar-refractivity contribution in [3.05, 3.63) is 27.9 Å². The van der Waals surface area contributed by atoms with Gasteiger partial charge in [0.2, 0.25) is 5.82 Å². The highest BCUT2D eigenvalue weighted by atomic mass is 19.4. The molecule has 0 radical (unpaired) electrons. The summed E-state index contributed by atoms with van der Waals surface area (Å²) in [6, 6.07) is 2.81. The number of rotatable bonds is 6. The Morgan fingerprint density at radius 2 is 2.25 bits per heavy atom. The van der Waals surface area contributed by atoms with Crippen LogP contribution in [0.25, 0.3) is 0 Å². The number of nitriles is 1. The number of nitrogens with zero attached hydrogens (tertiary/aromatic N) is 3. The molecule has 0 fully saturated rings. The number of hydrogen-bond donors (Lipinski definition) is 1. The third-order valence-corrected chi connectivity index (χ3v) is 2.03. The zero-order valence-electron chi connectivity index (χ0n) is 9.98. The molecule has 0 bridgehead atoms. The molecule has 0 aliphatic heterocycles. The molecule has 10 heteroatoms. The van der Waals surface area contributed by atoms with E-state index in [2.05, 4.69) is 15.0 Å². The van der Waals surface area contributed by atoms with Gasteiger partial charge in [0, 0.05) is 12.7 Å². The lowest BCUT2D eigenvalue weighted by Gasteiger charge is -2.09. The fourth-order valence-corrected chi connectivity index (χ4v) is 1.29. The Labute approximate surface area is 111 Å². The van der Waals surface area contributed by atoms with E-state index in [1.54, 1.807) is 6.07 Å². The molecule has 1 aromatic rings. The van der Waals surface area contributed by atoms with Crippen LogP contribution in [0.2, 0.25) is 0 Å². The Hall–Kier alpha value is -2.41. The molecule has 20 heavy (non-hydrogen) atoms. The minimum Gasteiger partial charge on any atom is -0.370 e. The molecule has 0 unspecified atom stereocenters. The molecule has 0 saturated carbocycles. The van der Waals surface area contributed by atoms with Crippen molar-refractivity contribution in [3.8, 4) is 6.07 Å². The third kappa shape index (κ3) is 4.69. The van der Waals surface area contributed by atoms with Gasteiger partial charge < -0.3 is 10.1 Å². The molecule has 1 N–H and O–H groups in total. The van der Waals surface area contributed by atoms with Crippen LogP contribution in [-0.4, -0.2) is 35.8 Å². The van der Waals surface area contributed by atoms with Crippen LogP contribution in [0.15, 0.2) is 12.3 Å². The predicted octanol–water partition coefficient (Wildman–Crippen LogP) is 1.85. The van der Waals surface area contributed by atoms with Gasteiger partial charge in [-0.25, -0.2) is 4.98 Å². The van der Waals surface area contributed by atoms with Crippen LogP contribution < -0.4 is 5.32 Å². The summed E-state index contributed by atoms with van der Waals surface area (Å²) >= 11 is 0. The first kappa shape index (κ1) is 15.6. The van der Waals surface area contributed by atoms with Gasteiger partial charge in [0.05, 0.1) is 11.5 Å². The molecule has 7 nitrogen and oxygen atoms in total. The summed E-state index contributed by atoms with van der Waals surface area (Å²) in [6.07, 6.45) is -3.24. The van der Waals surface area contributed by atoms with E-state index in [1.807, 2.05) is 0 Å². The standard InChI is InChI=1S/C10H9F3N4O3/c11-10(12,13)6-20-4-3-16-9-8(17(18)19)7(5-14)1-2-15-9/h1-2H,3-4,6H2,(H,15,16). The van der Waals surface area contributed by atoms with Crippen LogP contribution >= 0.6 is 0 Å². The van der Waals surface area contributed by atoms with E-state index in [1.165, 1.54) is 12.3 Å². The number of nitrogens with one attached hydrogen (secondary N) is 1. The summed E-state index contributed by atoms with van der Waals surface area (Å²) in [6.45, 7) is -1.82. The van der Waals surface area contributed by atoms with Gasteiger partial charge in [0.15, 0.2) is 0 Å². The van der Waals surface area contributed by atoms with Crippen molar-refractivity contribution < 1.29 is 22.8 Å². The summed E-state index contributed by atoms with van der Waals surface area (Å²) in [5, 5.41) is 22.0. The zero-order chi connectivity index (χ0) is 15.2. The molecule has 1 rings (SSSR count). The molecule has 0 spiro atoms. The van der Waals surface area contributed by atoms with E-state index >= 15 is 0 Å². The summed E-state index contributed by atoms with van der Waals surface area (Å²) in [5.74, 6) is -0.190. The van der Waals surface area contributed by atoms with Gasteiger partial charge >= 0.3 is 11.9 Å². The van der Waals surface area contributed by atoms with E-state index in [-0.39, 0.29) is 24.5 Å². The topological polar surface area (TPSA) is 101 Å². The molecule has 1 aromatic heterocycles. The van der Waals surface area contributed by atoms with Crippen molar-refractivity contribution in [1.82, 2.24) is 4.98 Å². The molecule has 0 atom stereocenters. The van der Waals surface area contributed by atoms with E-state index in [4.69, 9.17) is 5.26 Å². The summed E-state index contributed by atoms with van der Waals surface area (Å²) in [5.41, 5.74) is -0.713. The SMILES string of the molecule is N#Cc1ccnc(NCCOCC(F)(F)F)c1[N+](=O)[O-]. The Morgan fingerprint density at radius 3 is 2.80 bits per heavy atom. The minimum atomic E-state index is -4.43. The Kier molecular flexibility index (Phi) is 5.22. The largest absolute Gasteiger partial charge is 0.411 e. The normalized spacial score (nSPS) is 10.9. The Balaban J connectivity index is 2.61. The van der Waals surface area contributed by atoms with Gasteiger partial charge in [-0.3, -0.25) is 10.1 Å². The summed E-state index contributed by atoms with van der Waals surface area (Å²) < 4.78 is 39.7.